The molecular weight excluding hydrogens is 424 g/mol. The number of hydrogen-bond donors (Lipinski definition) is 0. The number of aromatic nitrogens is 4. The van der Waals surface area contributed by atoms with Gasteiger partial charge in [-0.05, 0) is 18.9 Å². The van der Waals surface area contributed by atoms with E-state index in [0.29, 0.717) is 19.3 Å². The molecule has 1 atom stereocenters. The van der Waals surface area contributed by atoms with Gasteiger partial charge in [0.1, 0.15) is 11.6 Å². The van der Waals surface area contributed by atoms with Crippen molar-refractivity contribution in [3.8, 4) is 11.4 Å². The molecule has 174 valence electrons. The smallest absolute Gasteiger partial charge is 0.166 e. The van der Waals surface area contributed by atoms with Gasteiger partial charge in [-0.25, -0.2) is 15.0 Å². The van der Waals surface area contributed by atoms with E-state index in [2.05, 4.69) is 75.0 Å². The summed E-state index contributed by atoms with van der Waals surface area (Å²) in [7, 11) is 0. The molecule has 7 heteroatoms. The fraction of sp³-hybridized carbons (Fsp3) is 0.370. The van der Waals surface area contributed by atoms with Gasteiger partial charge in [-0.2, -0.15) is 0 Å². The highest BCUT2D eigenvalue weighted by Gasteiger charge is 2.30. The van der Waals surface area contributed by atoms with Crippen LogP contribution >= 0.6 is 0 Å². The van der Waals surface area contributed by atoms with E-state index in [4.69, 9.17) is 19.7 Å². The summed E-state index contributed by atoms with van der Waals surface area (Å²) >= 11 is 0. The van der Waals surface area contributed by atoms with Crippen molar-refractivity contribution in [3.63, 3.8) is 0 Å². The Bertz CT molecular complexity index is 1270. The molecule has 2 aromatic heterocycles. The average Bonchev–Trinajstić information content (AvgIpc) is 3.49. The second kappa shape index (κ2) is 9.16. The van der Waals surface area contributed by atoms with Crippen LogP contribution in [-0.4, -0.2) is 63.8 Å². The summed E-state index contributed by atoms with van der Waals surface area (Å²) in [6, 6.07) is 21.5. The summed E-state index contributed by atoms with van der Waals surface area (Å²) in [5, 5.41) is 0. The highest BCUT2D eigenvalue weighted by Crippen LogP contribution is 2.35. The SMILES string of the molecule is Cc1nc(N2CCOCC2)c2nc(-c3ccccc3)n(C3CCN(Cc4ccccc4)C3)c2n1. The maximum absolute atomic E-state index is 5.59. The maximum atomic E-state index is 5.59. The largest absolute Gasteiger partial charge is 0.378 e. The van der Waals surface area contributed by atoms with Crippen LogP contribution in [0.3, 0.4) is 0 Å². The summed E-state index contributed by atoms with van der Waals surface area (Å²) in [4.78, 5) is 19.8. The molecule has 0 N–H and O–H groups in total. The van der Waals surface area contributed by atoms with Crippen LogP contribution in [0, 0.1) is 6.92 Å². The number of aryl methyl sites for hydroxylation is 1. The van der Waals surface area contributed by atoms with Crippen LogP contribution in [0.2, 0.25) is 0 Å². The molecule has 2 aliphatic rings. The fourth-order valence-corrected chi connectivity index (χ4v) is 5.21. The number of fused-ring (bicyclic) bond motifs is 1. The van der Waals surface area contributed by atoms with E-state index in [1.54, 1.807) is 0 Å². The molecule has 2 aliphatic heterocycles. The highest BCUT2D eigenvalue weighted by atomic mass is 16.5. The number of nitrogens with zero attached hydrogens (tertiary/aromatic N) is 6. The summed E-state index contributed by atoms with van der Waals surface area (Å²) in [6.07, 6.45) is 1.08. The molecule has 2 saturated heterocycles. The Labute approximate surface area is 200 Å². The molecule has 6 rings (SSSR count). The van der Waals surface area contributed by atoms with Gasteiger partial charge in [0, 0.05) is 38.3 Å². The molecule has 7 nitrogen and oxygen atoms in total. The first-order chi connectivity index (χ1) is 16.8. The molecule has 0 amide bonds. The van der Waals surface area contributed by atoms with Gasteiger partial charge in [0.25, 0.3) is 0 Å². The van der Waals surface area contributed by atoms with Crippen molar-refractivity contribution >= 4 is 17.0 Å². The monoisotopic (exact) mass is 454 g/mol. The van der Waals surface area contributed by atoms with Gasteiger partial charge < -0.3 is 14.2 Å². The number of rotatable bonds is 5. The molecule has 34 heavy (non-hydrogen) atoms. The van der Waals surface area contributed by atoms with E-state index in [1.807, 2.05) is 6.92 Å². The van der Waals surface area contributed by atoms with Gasteiger partial charge in [0.15, 0.2) is 17.0 Å². The van der Waals surface area contributed by atoms with E-state index >= 15 is 0 Å². The quantitative estimate of drug-likeness (QED) is 0.453. The third kappa shape index (κ3) is 4.06. The van der Waals surface area contributed by atoms with Crippen LogP contribution in [0.5, 0.6) is 0 Å². The van der Waals surface area contributed by atoms with Gasteiger partial charge in [-0.3, -0.25) is 4.90 Å². The van der Waals surface area contributed by atoms with Crippen LogP contribution in [0.15, 0.2) is 60.7 Å². The van der Waals surface area contributed by atoms with Crippen LogP contribution < -0.4 is 4.90 Å². The zero-order valence-corrected chi connectivity index (χ0v) is 19.6. The number of morpholine rings is 1. The minimum atomic E-state index is 0.316. The average molecular weight is 455 g/mol. The van der Waals surface area contributed by atoms with Gasteiger partial charge in [-0.1, -0.05) is 60.7 Å². The van der Waals surface area contributed by atoms with E-state index in [9.17, 15) is 0 Å². The molecule has 4 aromatic rings. The standard InChI is InChI=1S/C27H30N6O/c1-20-28-26(32-14-16-34-17-15-32)24-27(29-20)33(25(30-24)22-10-6-3-7-11-22)23-12-13-31(19-23)18-21-8-4-2-5-9-21/h2-11,23H,12-19H2,1H3. The Balaban J connectivity index is 1.43. The van der Waals surface area contributed by atoms with Gasteiger partial charge >= 0.3 is 0 Å². The molecule has 2 fully saturated rings. The number of hydrogen-bond acceptors (Lipinski definition) is 6. The first kappa shape index (κ1) is 21.3. The zero-order valence-electron chi connectivity index (χ0n) is 19.6. The number of likely N-dealkylation sites (tertiary alicyclic amines) is 1. The maximum Gasteiger partial charge on any atom is 0.166 e. The fourth-order valence-electron chi connectivity index (χ4n) is 5.21. The van der Waals surface area contributed by atoms with E-state index in [-0.39, 0.29) is 0 Å². The summed E-state index contributed by atoms with van der Waals surface area (Å²) < 4.78 is 7.97. The Morgan fingerprint density at radius 1 is 0.882 bits per heavy atom. The van der Waals surface area contributed by atoms with Crippen molar-refractivity contribution in [1.29, 1.82) is 0 Å². The molecule has 0 saturated carbocycles. The molecule has 1 unspecified atom stereocenters. The van der Waals surface area contributed by atoms with Crippen molar-refractivity contribution in [2.75, 3.05) is 44.3 Å². The molecule has 0 spiro atoms. The Hall–Kier alpha value is -3.29. The van der Waals surface area contributed by atoms with Crippen LogP contribution in [0.4, 0.5) is 5.82 Å². The van der Waals surface area contributed by atoms with E-state index in [0.717, 1.165) is 73.3 Å². The molecule has 0 radical (unpaired) electrons. The second-order valence-electron chi connectivity index (χ2n) is 9.20. The first-order valence-corrected chi connectivity index (χ1v) is 12.2. The van der Waals surface area contributed by atoms with E-state index < -0.39 is 0 Å². The lowest BCUT2D eigenvalue weighted by atomic mass is 10.2. The molecule has 0 aliphatic carbocycles. The Kier molecular flexibility index (Phi) is 5.73. The predicted octanol–water partition coefficient (Wildman–Crippen LogP) is 4.09. The minimum absolute atomic E-state index is 0.316. The lowest BCUT2D eigenvalue weighted by molar-refractivity contribution is 0.122. The van der Waals surface area contributed by atoms with Crippen LogP contribution in [-0.2, 0) is 11.3 Å². The second-order valence-corrected chi connectivity index (χ2v) is 9.20. The van der Waals surface area contributed by atoms with Gasteiger partial charge in [0.2, 0.25) is 0 Å². The predicted molar refractivity (Wildman–Crippen MR) is 134 cm³/mol. The van der Waals surface area contributed by atoms with Crippen molar-refractivity contribution in [2.45, 2.75) is 25.9 Å². The number of anilines is 1. The molecule has 2 aromatic carbocycles. The van der Waals surface area contributed by atoms with Gasteiger partial charge in [0.05, 0.1) is 19.3 Å². The van der Waals surface area contributed by atoms with Gasteiger partial charge in [-0.15, -0.1) is 0 Å². The normalized spacial score (nSPS) is 19.2. The lowest BCUT2D eigenvalue weighted by Gasteiger charge is -2.28. The zero-order chi connectivity index (χ0) is 22.9. The molecule has 4 heterocycles. The Morgan fingerprint density at radius 3 is 2.38 bits per heavy atom. The van der Waals surface area contributed by atoms with Crippen LogP contribution in [0.25, 0.3) is 22.6 Å². The van der Waals surface area contributed by atoms with Crippen molar-refractivity contribution in [2.24, 2.45) is 0 Å². The summed E-state index contributed by atoms with van der Waals surface area (Å²) in [5.74, 6) is 2.70. The minimum Gasteiger partial charge on any atom is -0.378 e. The topological polar surface area (TPSA) is 59.3 Å². The number of imidazole rings is 1. The van der Waals surface area contributed by atoms with Crippen LogP contribution in [0.1, 0.15) is 23.9 Å². The van der Waals surface area contributed by atoms with Crippen molar-refractivity contribution < 1.29 is 4.74 Å². The molecular formula is C27H30N6O. The number of ether oxygens (including phenoxy) is 1. The third-order valence-electron chi connectivity index (χ3n) is 6.84. The summed E-state index contributed by atoms with van der Waals surface area (Å²) in [5.41, 5.74) is 4.31. The Morgan fingerprint density at radius 2 is 1.62 bits per heavy atom. The van der Waals surface area contributed by atoms with Crippen molar-refractivity contribution in [3.05, 3.63) is 72.1 Å². The third-order valence-corrected chi connectivity index (χ3v) is 6.84. The highest BCUT2D eigenvalue weighted by molar-refractivity contribution is 5.87. The lowest BCUT2D eigenvalue weighted by Crippen LogP contribution is -2.37. The number of benzene rings is 2. The molecule has 0 bridgehead atoms. The first-order valence-electron chi connectivity index (χ1n) is 12.2. The van der Waals surface area contributed by atoms with E-state index in [1.165, 1.54) is 5.56 Å². The summed E-state index contributed by atoms with van der Waals surface area (Å²) in [6.45, 7) is 8.09. The van der Waals surface area contributed by atoms with Crippen molar-refractivity contribution in [1.82, 2.24) is 24.4 Å².